The first kappa shape index (κ1) is 76.8. The van der Waals surface area contributed by atoms with Gasteiger partial charge in [-0.1, -0.05) is 86.1 Å². The van der Waals surface area contributed by atoms with Crippen molar-refractivity contribution < 1.29 is 29.4 Å². The fourth-order valence-electron chi connectivity index (χ4n) is 18.4. The van der Waals surface area contributed by atoms with Crippen molar-refractivity contribution in [1.29, 1.82) is 0 Å². The highest BCUT2D eigenvalue weighted by molar-refractivity contribution is 6.20. The number of rotatable bonds is 24. The molecular formula is C96H110N8O6. The fraction of sp³-hybridized carbons (Fsp3) is 0.375. The first-order valence-electron chi connectivity index (χ1n) is 40.6. The van der Waals surface area contributed by atoms with Gasteiger partial charge in [-0.3, -0.25) is 19.2 Å². The number of ketones is 4. The van der Waals surface area contributed by atoms with Crippen LogP contribution in [0.5, 0.6) is 11.5 Å². The third-order valence-corrected chi connectivity index (χ3v) is 24.0. The monoisotopic (exact) mass is 1470 g/mol. The summed E-state index contributed by atoms with van der Waals surface area (Å²) in [6.45, 7) is 46.5. The topological polar surface area (TPSA) is 168 Å². The summed E-state index contributed by atoms with van der Waals surface area (Å²) >= 11 is 0. The number of allylic oxidation sites excluding steroid dienone is 4. The minimum Gasteiger partial charge on any atom is -0.507 e. The van der Waals surface area contributed by atoms with Gasteiger partial charge in [0.25, 0.3) is 0 Å². The van der Waals surface area contributed by atoms with Gasteiger partial charge < -0.3 is 49.3 Å². The van der Waals surface area contributed by atoms with E-state index in [0.29, 0.717) is 48.1 Å². The van der Waals surface area contributed by atoms with E-state index >= 15 is 0 Å². The van der Waals surface area contributed by atoms with E-state index in [1.54, 1.807) is 25.1 Å². The third kappa shape index (κ3) is 14.3. The number of benzene rings is 8. The average molecular weight is 1470 g/mol. The van der Waals surface area contributed by atoms with Crippen LogP contribution in [-0.2, 0) is 58.3 Å². The molecule has 5 aliphatic rings. The van der Waals surface area contributed by atoms with Crippen molar-refractivity contribution in [3.8, 4) is 11.5 Å². The van der Waals surface area contributed by atoms with Crippen LogP contribution in [0, 0.1) is 0 Å². The van der Waals surface area contributed by atoms with Crippen LogP contribution in [0.4, 0.5) is 0 Å². The number of aromatic hydroxyl groups is 2. The van der Waals surface area contributed by atoms with Crippen LogP contribution < -0.4 is 16.0 Å². The SMILES string of the molecule is C=C(C)c1cc2c3cc(C(C)=O)c(O)cc3n(CCNC(C)C)c2cc1O.C=C1CCc2c1ccc1c2c2c3c(ccc2n1CCCNCCC)C(=O)CC3.C=C1CCc2c1ccc1c2c2c3c(ccc2n1CCN(CC)CC)C(=O)CC3.C=C1CCc2c1ccc1c2c2cc(C(C)=O)ccc2n1CCCNCCC. The Bertz CT molecular complexity index is 5520. The number of nitrogens with zero attached hydrogens (tertiary/aromatic N) is 5. The van der Waals surface area contributed by atoms with Crippen LogP contribution >= 0.6 is 0 Å². The quantitative estimate of drug-likeness (QED) is 0.0290. The minimum absolute atomic E-state index is 0.0276. The maximum atomic E-state index is 12.4. The predicted octanol–water partition coefficient (Wildman–Crippen LogP) is 20.3. The molecule has 8 aromatic carbocycles. The molecule has 5 aliphatic carbocycles. The molecule has 4 aromatic heterocycles. The highest BCUT2D eigenvalue weighted by Crippen LogP contribution is 2.48. The standard InChI is InChI=1S/2C25H28N2O.C24H28N2O.C22H26N2O3/c1-4-26(5-2)14-15-27-21-11-8-17-16(3)6-7-19(17)24(21)25-20-10-13-23(28)18(20)9-12-22(25)27;1-3-13-26-14-4-15-27-21-10-7-17-16(2)5-6-19(17)24(21)25-20-9-12-23(28)18(20)8-11-22(25)27;1-4-12-25-13-5-14-26-22-10-7-18(17(3)27)15-21(22)24-20-8-6-16(2)19(20)9-11-23(24)26;1-12(2)15-8-17-18-9-16(14(5)25)22(27)11-20(18)24(7-6-23-13(3)4)19(17)10-21(15)26/h8-9,11-12H,3-7,10,13-15H2,1-2H3;7-8,10-11,26H,2-6,9,12-15H2,1H3;7,9-11,15,25H,2,4-6,8,12-14H2,1,3H3;8-11,13,23,26-27H,1,6-7H2,2-5H3. The van der Waals surface area contributed by atoms with Crippen molar-refractivity contribution in [1.82, 2.24) is 39.1 Å². The van der Waals surface area contributed by atoms with Crippen LogP contribution in [-0.4, -0.2) is 115 Å². The lowest BCUT2D eigenvalue weighted by atomic mass is 9.97. The van der Waals surface area contributed by atoms with Crippen LogP contribution in [0.3, 0.4) is 0 Å². The molecule has 570 valence electrons. The summed E-state index contributed by atoms with van der Waals surface area (Å²) in [5, 5.41) is 41.0. The third-order valence-electron chi connectivity index (χ3n) is 24.0. The van der Waals surface area contributed by atoms with Crippen LogP contribution in [0.2, 0.25) is 0 Å². The molecule has 4 heterocycles. The second-order valence-electron chi connectivity index (χ2n) is 31.4. The fourth-order valence-corrected chi connectivity index (χ4v) is 18.4. The summed E-state index contributed by atoms with van der Waals surface area (Å²) in [4.78, 5) is 51.1. The highest BCUT2D eigenvalue weighted by Gasteiger charge is 2.32. The molecule has 0 amide bonds. The Kier molecular flexibility index (Phi) is 22.7. The van der Waals surface area contributed by atoms with Crippen molar-refractivity contribution in [2.45, 2.75) is 184 Å². The van der Waals surface area contributed by atoms with Gasteiger partial charge in [0.1, 0.15) is 11.5 Å². The summed E-state index contributed by atoms with van der Waals surface area (Å²) in [5.74, 6) is 0.692. The molecule has 0 unspecified atom stereocenters. The van der Waals surface area contributed by atoms with E-state index in [1.807, 2.05) is 19.1 Å². The molecule has 0 atom stereocenters. The molecule has 0 bridgehead atoms. The van der Waals surface area contributed by atoms with Gasteiger partial charge >= 0.3 is 0 Å². The zero-order valence-corrected chi connectivity index (χ0v) is 66.4. The van der Waals surface area contributed by atoms with Crippen molar-refractivity contribution in [3.05, 3.63) is 202 Å². The Labute approximate surface area is 647 Å². The van der Waals surface area contributed by atoms with Gasteiger partial charge in [-0.25, -0.2) is 0 Å². The van der Waals surface area contributed by atoms with Gasteiger partial charge in [-0.2, -0.15) is 0 Å². The normalized spacial score (nSPS) is 14.3. The predicted molar refractivity (Wildman–Crippen MR) is 460 cm³/mol. The summed E-state index contributed by atoms with van der Waals surface area (Å²) < 4.78 is 9.48. The number of aromatic nitrogens is 4. The van der Waals surface area contributed by atoms with Gasteiger partial charge in [0, 0.05) is 169 Å². The van der Waals surface area contributed by atoms with Crippen LogP contribution in [0.15, 0.2) is 129 Å². The molecule has 5 N–H and O–H groups in total. The number of phenolic OH excluding ortho intramolecular Hbond substituents is 2. The minimum atomic E-state index is -0.185. The first-order valence-corrected chi connectivity index (χ1v) is 40.6. The van der Waals surface area contributed by atoms with Gasteiger partial charge in [-0.05, 0) is 277 Å². The number of likely N-dealkylation sites (N-methyl/N-ethyl adjacent to an activating group) is 1. The van der Waals surface area contributed by atoms with E-state index < -0.39 is 0 Å². The van der Waals surface area contributed by atoms with E-state index in [9.17, 15) is 29.4 Å². The maximum absolute atomic E-state index is 12.4. The molecule has 14 heteroatoms. The van der Waals surface area contributed by atoms with Crippen LogP contribution in [0.1, 0.15) is 212 Å². The Morgan fingerprint density at radius 2 is 0.818 bits per heavy atom. The van der Waals surface area contributed by atoms with Gasteiger partial charge in [-0.15, -0.1) is 0 Å². The van der Waals surface area contributed by atoms with Gasteiger partial charge in [0.2, 0.25) is 0 Å². The first-order chi connectivity index (χ1) is 53.2. The molecule has 0 saturated carbocycles. The van der Waals surface area contributed by atoms with Crippen molar-refractivity contribution >= 4 is 133 Å². The number of carbonyl (C=O) groups is 4. The van der Waals surface area contributed by atoms with Crippen molar-refractivity contribution in [3.63, 3.8) is 0 Å². The van der Waals surface area contributed by atoms with Gasteiger partial charge in [0.05, 0.1) is 16.6 Å². The molecule has 0 aliphatic heterocycles. The lowest BCUT2D eigenvalue weighted by Gasteiger charge is -2.19. The second-order valence-corrected chi connectivity index (χ2v) is 31.4. The van der Waals surface area contributed by atoms with E-state index in [4.69, 9.17) is 0 Å². The number of hydrogen-bond acceptors (Lipinski definition) is 10. The molecule has 14 nitrogen and oxygen atoms in total. The molecule has 0 spiro atoms. The maximum Gasteiger partial charge on any atom is 0.163 e. The molecule has 0 saturated heterocycles. The number of Topliss-reactive ketones (excluding diaryl/α,β-unsaturated/α-hetero) is 4. The number of carbonyl (C=O) groups excluding carboxylic acids is 4. The average Bonchev–Trinajstić information content (AvgIpc) is 1.57. The Morgan fingerprint density at radius 3 is 1.25 bits per heavy atom. The summed E-state index contributed by atoms with van der Waals surface area (Å²) in [7, 11) is 0. The van der Waals surface area contributed by atoms with Crippen molar-refractivity contribution in [2.75, 3.05) is 52.4 Å². The van der Waals surface area contributed by atoms with Crippen LogP contribution in [0.25, 0.3) is 110 Å². The largest absolute Gasteiger partial charge is 0.507 e. The lowest BCUT2D eigenvalue weighted by molar-refractivity contribution is 0.0986. The Balaban J connectivity index is 0.000000122. The van der Waals surface area contributed by atoms with E-state index in [1.165, 1.54) is 146 Å². The lowest BCUT2D eigenvalue weighted by Crippen LogP contribution is -2.26. The zero-order valence-electron chi connectivity index (χ0n) is 66.4. The Morgan fingerprint density at radius 1 is 0.427 bits per heavy atom. The number of fused-ring (bicyclic) bond motifs is 22. The smallest absolute Gasteiger partial charge is 0.163 e. The molecule has 110 heavy (non-hydrogen) atoms. The summed E-state index contributed by atoms with van der Waals surface area (Å²) in [6.07, 6.45) is 13.9. The highest BCUT2D eigenvalue weighted by atomic mass is 16.3. The van der Waals surface area contributed by atoms with E-state index in [2.05, 4.69) is 180 Å². The Hall–Kier alpha value is -9.96. The van der Waals surface area contributed by atoms with Gasteiger partial charge in [0.15, 0.2) is 23.1 Å². The second kappa shape index (κ2) is 32.5. The number of aryl methyl sites for hydroxylation is 7. The molecule has 12 aromatic rings. The molecule has 17 rings (SSSR count). The number of nitrogens with one attached hydrogen (secondary N) is 3. The molecule has 0 radical (unpaired) electrons. The molecular weight excluding hydrogens is 1360 g/mol. The van der Waals surface area contributed by atoms with E-state index in [0.717, 1.165) is 180 Å². The number of hydrogen-bond donors (Lipinski definition) is 5. The van der Waals surface area contributed by atoms with E-state index in [-0.39, 0.29) is 23.1 Å². The summed E-state index contributed by atoms with van der Waals surface area (Å²) in [5.41, 5.74) is 28.5. The number of phenols is 2. The summed E-state index contributed by atoms with van der Waals surface area (Å²) in [6, 6.07) is 35.7. The molecule has 0 fully saturated rings. The zero-order chi connectivity index (χ0) is 77.5. The van der Waals surface area contributed by atoms with Crippen molar-refractivity contribution in [2.24, 2.45) is 0 Å².